The van der Waals surface area contributed by atoms with Crippen LogP contribution in [0, 0.1) is 0 Å². The molecular formula is C57H38. The second-order valence-corrected chi connectivity index (χ2v) is 16.4. The third-order valence-corrected chi connectivity index (χ3v) is 13.0. The summed E-state index contributed by atoms with van der Waals surface area (Å²) in [5.41, 5.74) is 13.0. The molecular weight excluding hydrogens is 685 g/mol. The molecule has 57 heavy (non-hydrogen) atoms. The molecule has 11 aromatic rings. The van der Waals surface area contributed by atoms with Crippen LogP contribution in [0.15, 0.2) is 194 Å². The molecule has 1 aliphatic carbocycles. The summed E-state index contributed by atoms with van der Waals surface area (Å²) >= 11 is 0. The van der Waals surface area contributed by atoms with Gasteiger partial charge in [0.25, 0.3) is 0 Å². The smallest absolute Gasteiger partial charge is 0.0158 e. The van der Waals surface area contributed by atoms with Crippen LogP contribution in [0.25, 0.3) is 109 Å². The lowest BCUT2D eigenvalue weighted by Crippen LogP contribution is -2.14. The summed E-state index contributed by atoms with van der Waals surface area (Å²) in [5.74, 6) is 0. The maximum Gasteiger partial charge on any atom is 0.0158 e. The van der Waals surface area contributed by atoms with Gasteiger partial charge >= 0.3 is 0 Å². The van der Waals surface area contributed by atoms with Crippen LogP contribution in [-0.2, 0) is 5.41 Å². The van der Waals surface area contributed by atoms with E-state index in [-0.39, 0.29) is 5.41 Å². The predicted molar refractivity (Wildman–Crippen MR) is 245 cm³/mol. The van der Waals surface area contributed by atoms with E-state index in [0.29, 0.717) is 0 Å². The van der Waals surface area contributed by atoms with Crippen LogP contribution in [0.4, 0.5) is 0 Å². The Labute approximate surface area is 332 Å². The molecule has 0 aromatic heterocycles. The molecule has 266 valence electrons. The Morgan fingerprint density at radius 3 is 1.63 bits per heavy atom. The van der Waals surface area contributed by atoms with Gasteiger partial charge in [-0.25, -0.2) is 0 Å². The fourth-order valence-electron chi connectivity index (χ4n) is 10.4. The summed E-state index contributed by atoms with van der Waals surface area (Å²) in [5, 5.41) is 15.3. The van der Waals surface area contributed by atoms with Crippen molar-refractivity contribution in [3.05, 3.63) is 205 Å². The van der Waals surface area contributed by atoms with Gasteiger partial charge in [-0.15, -0.1) is 0 Å². The van der Waals surface area contributed by atoms with Crippen molar-refractivity contribution in [1.82, 2.24) is 0 Å². The molecule has 0 amide bonds. The van der Waals surface area contributed by atoms with Crippen LogP contribution in [0.5, 0.6) is 0 Å². The molecule has 0 heterocycles. The summed E-state index contributed by atoms with van der Waals surface area (Å²) < 4.78 is 0. The lowest BCUT2D eigenvalue weighted by molar-refractivity contribution is 0.660. The average molecular weight is 723 g/mol. The first-order valence-corrected chi connectivity index (χ1v) is 20.1. The zero-order chi connectivity index (χ0) is 37.8. The standard InChI is InChI=1S/C57H38/c1-57(2)53-25-12-11-21-45(53)50-33-38(28-31-54(50)57)55-46-22-9-10-23-47(46)56(48-30-27-37(32-51(48)55)41-24-13-16-35-14-3-5-17-39(35)41)52-34-49-40-18-6-4-15-36(40)26-29-44(49)42-19-7-8-20-43(42)52/h3-34H,1-2H3. The highest BCUT2D eigenvalue weighted by molar-refractivity contribution is 6.28. The van der Waals surface area contributed by atoms with E-state index in [1.165, 1.54) is 120 Å². The summed E-state index contributed by atoms with van der Waals surface area (Å²) in [6, 6.07) is 72.9. The van der Waals surface area contributed by atoms with E-state index in [0.717, 1.165) is 0 Å². The molecule has 0 spiro atoms. The largest absolute Gasteiger partial charge is 0.0619 e. The number of benzene rings is 11. The second kappa shape index (κ2) is 12.0. The van der Waals surface area contributed by atoms with Gasteiger partial charge in [-0.3, -0.25) is 0 Å². The molecule has 0 nitrogen and oxygen atoms in total. The Bertz CT molecular complexity index is 3480. The summed E-state index contributed by atoms with van der Waals surface area (Å²) in [7, 11) is 0. The van der Waals surface area contributed by atoms with E-state index < -0.39 is 0 Å². The van der Waals surface area contributed by atoms with Crippen molar-refractivity contribution in [2.24, 2.45) is 0 Å². The molecule has 0 aliphatic heterocycles. The van der Waals surface area contributed by atoms with Crippen LogP contribution in [0.2, 0.25) is 0 Å². The van der Waals surface area contributed by atoms with Gasteiger partial charge in [0, 0.05) is 5.41 Å². The molecule has 0 saturated heterocycles. The SMILES string of the molecule is CC1(C)c2ccccc2-c2cc(-c3c4ccccc4c(-c4cc5c6ccccc6ccc5c5ccccc45)c4ccc(-c5cccc6ccccc56)cc34)ccc21. The lowest BCUT2D eigenvalue weighted by Gasteiger charge is -2.22. The maximum atomic E-state index is 2.48. The lowest BCUT2D eigenvalue weighted by atomic mass is 9.80. The van der Waals surface area contributed by atoms with Crippen LogP contribution < -0.4 is 0 Å². The van der Waals surface area contributed by atoms with E-state index in [2.05, 4.69) is 208 Å². The third-order valence-electron chi connectivity index (χ3n) is 13.0. The van der Waals surface area contributed by atoms with Gasteiger partial charge in [-0.05, 0) is 138 Å². The Balaban J connectivity index is 1.24. The molecule has 11 aromatic carbocycles. The van der Waals surface area contributed by atoms with Crippen molar-refractivity contribution < 1.29 is 0 Å². The van der Waals surface area contributed by atoms with Crippen LogP contribution in [0.1, 0.15) is 25.0 Å². The monoisotopic (exact) mass is 722 g/mol. The highest BCUT2D eigenvalue weighted by Gasteiger charge is 2.35. The Hall–Kier alpha value is -7.02. The van der Waals surface area contributed by atoms with Gasteiger partial charge in [0.2, 0.25) is 0 Å². The van der Waals surface area contributed by atoms with Crippen molar-refractivity contribution in [1.29, 1.82) is 0 Å². The quantitative estimate of drug-likeness (QED) is 0.126. The van der Waals surface area contributed by atoms with Crippen molar-refractivity contribution in [2.75, 3.05) is 0 Å². The number of fused-ring (bicyclic) bond motifs is 11. The van der Waals surface area contributed by atoms with Crippen LogP contribution in [-0.4, -0.2) is 0 Å². The van der Waals surface area contributed by atoms with Crippen molar-refractivity contribution in [2.45, 2.75) is 19.3 Å². The fourth-order valence-corrected chi connectivity index (χ4v) is 10.4. The molecule has 0 fully saturated rings. The fraction of sp³-hybridized carbons (Fsp3) is 0.0526. The molecule has 0 unspecified atom stereocenters. The Kier molecular flexibility index (Phi) is 6.78. The molecule has 12 rings (SSSR count). The van der Waals surface area contributed by atoms with Gasteiger partial charge in [-0.2, -0.15) is 0 Å². The van der Waals surface area contributed by atoms with Gasteiger partial charge < -0.3 is 0 Å². The highest BCUT2D eigenvalue weighted by Crippen LogP contribution is 2.52. The zero-order valence-electron chi connectivity index (χ0n) is 32.0. The van der Waals surface area contributed by atoms with Crippen molar-refractivity contribution >= 4 is 64.6 Å². The second-order valence-electron chi connectivity index (χ2n) is 16.4. The summed E-state index contributed by atoms with van der Waals surface area (Å²) in [4.78, 5) is 0. The number of hydrogen-bond donors (Lipinski definition) is 0. The molecule has 1 aliphatic rings. The Morgan fingerprint density at radius 2 is 0.807 bits per heavy atom. The van der Waals surface area contributed by atoms with Gasteiger partial charge in [0.15, 0.2) is 0 Å². The number of rotatable bonds is 3. The van der Waals surface area contributed by atoms with Crippen LogP contribution in [0.3, 0.4) is 0 Å². The van der Waals surface area contributed by atoms with E-state index in [4.69, 9.17) is 0 Å². The van der Waals surface area contributed by atoms with Crippen LogP contribution >= 0.6 is 0 Å². The average Bonchev–Trinajstić information content (AvgIpc) is 3.50. The summed E-state index contributed by atoms with van der Waals surface area (Å²) in [6.07, 6.45) is 0. The molecule has 0 N–H and O–H groups in total. The minimum atomic E-state index is -0.0543. The van der Waals surface area contributed by atoms with E-state index in [1.54, 1.807) is 0 Å². The normalized spacial score (nSPS) is 13.2. The summed E-state index contributed by atoms with van der Waals surface area (Å²) in [6.45, 7) is 4.73. The van der Waals surface area contributed by atoms with Crippen molar-refractivity contribution in [3.63, 3.8) is 0 Å². The molecule has 0 atom stereocenters. The van der Waals surface area contributed by atoms with Gasteiger partial charge in [0.05, 0.1) is 0 Å². The zero-order valence-corrected chi connectivity index (χ0v) is 32.0. The van der Waals surface area contributed by atoms with E-state index >= 15 is 0 Å². The van der Waals surface area contributed by atoms with Crippen molar-refractivity contribution in [3.8, 4) is 44.5 Å². The first kappa shape index (κ1) is 32.2. The third kappa shape index (κ3) is 4.62. The number of hydrogen-bond acceptors (Lipinski definition) is 0. The highest BCUT2D eigenvalue weighted by atomic mass is 14.4. The van der Waals surface area contributed by atoms with E-state index in [9.17, 15) is 0 Å². The minimum Gasteiger partial charge on any atom is -0.0619 e. The molecule has 0 radical (unpaired) electrons. The van der Waals surface area contributed by atoms with Gasteiger partial charge in [0.1, 0.15) is 0 Å². The first-order chi connectivity index (χ1) is 28.0. The van der Waals surface area contributed by atoms with E-state index in [1.807, 2.05) is 0 Å². The maximum absolute atomic E-state index is 2.48. The molecule has 0 bridgehead atoms. The topological polar surface area (TPSA) is 0 Å². The minimum absolute atomic E-state index is 0.0543. The Morgan fingerprint density at radius 1 is 0.263 bits per heavy atom. The van der Waals surface area contributed by atoms with Gasteiger partial charge in [-0.1, -0.05) is 190 Å². The molecule has 0 saturated carbocycles. The molecule has 0 heteroatoms. The first-order valence-electron chi connectivity index (χ1n) is 20.1. The predicted octanol–water partition coefficient (Wildman–Crippen LogP) is 15.9.